The molecule has 0 aliphatic carbocycles. The predicted octanol–water partition coefficient (Wildman–Crippen LogP) is 1.91. The van der Waals surface area contributed by atoms with E-state index in [4.69, 9.17) is 9.47 Å². The van der Waals surface area contributed by atoms with Crippen molar-refractivity contribution in [3.63, 3.8) is 0 Å². The van der Waals surface area contributed by atoms with Gasteiger partial charge in [0.15, 0.2) is 0 Å². The summed E-state index contributed by atoms with van der Waals surface area (Å²) in [4.78, 5) is 17.2. The van der Waals surface area contributed by atoms with Crippen molar-refractivity contribution in [2.24, 2.45) is 5.92 Å². The van der Waals surface area contributed by atoms with Gasteiger partial charge in [-0.1, -0.05) is 12.1 Å². The largest absolute Gasteiger partial charge is 0.497 e. The number of fused-ring (bicyclic) bond motifs is 2. The molecule has 1 amide bonds. The number of amides is 1. The van der Waals surface area contributed by atoms with Crippen molar-refractivity contribution in [2.45, 2.75) is 38.0 Å². The minimum atomic E-state index is 0.0639. The molecular formula is C19H26N2O3. The number of methoxy groups -OCH3 is 1. The first-order valence-electron chi connectivity index (χ1n) is 9.02. The van der Waals surface area contributed by atoms with Gasteiger partial charge >= 0.3 is 0 Å². The van der Waals surface area contributed by atoms with E-state index in [0.717, 1.165) is 57.7 Å². The molecule has 0 radical (unpaired) electrons. The fraction of sp³-hybridized carbons (Fsp3) is 0.632. The van der Waals surface area contributed by atoms with E-state index in [-0.39, 0.29) is 18.1 Å². The van der Waals surface area contributed by atoms with Gasteiger partial charge in [-0.2, -0.15) is 0 Å². The molecule has 0 saturated carbocycles. The van der Waals surface area contributed by atoms with Crippen molar-refractivity contribution in [1.29, 1.82) is 0 Å². The number of hydrogen-bond acceptors (Lipinski definition) is 4. The minimum absolute atomic E-state index is 0.0639. The molecule has 3 aliphatic rings. The van der Waals surface area contributed by atoms with Crippen LogP contribution >= 0.6 is 0 Å². The van der Waals surface area contributed by atoms with Gasteiger partial charge in [0.1, 0.15) is 5.75 Å². The van der Waals surface area contributed by atoms with E-state index >= 15 is 0 Å². The predicted molar refractivity (Wildman–Crippen MR) is 90.9 cm³/mol. The third-order valence-electron chi connectivity index (χ3n) is 5.53. The maximum absolute atomic E-state index is 12.7. The highest BCUT2D eigenvalue weighted by Crippen LogP contribution is 2.34. The number of ether oxygens (including phenoxy) is 2. The highest BCUT2D eigenvalue weighted by atomic mass is 16.5. The van der Waals surface area contributed by atoms with E-state index in [0.29, 0.717) is 5.91 Å². The van der Waals surface area contributed by atoms with Gasteiger partial charge in [0.25, 0.3) is 0 Å². The van der Waals surface area contributed by atoms with E-state index in [2.05, 4.69) is 17.0 Å². The lowest BCUT2D eigenvalue weighted by Crippen LogP contribution is -2.45. The van der Waals surface area contributed by atoms with Gasteiger partial charge in [-0.15, -0.1) is 0 Å². The zero-order chi connectivity index (χ0) is 16.5. The number of carbonyl (C=O) groups is 1. The van der Waals surface area contributed by atoms with Gasteiger partial charge < -0.3 is 14.4 Å². The van der Waals surface area contributed by atoms with Crippen molar-refractivity contribution in [1.82, 2.24) is 9.80 Å². The summed E-state index contributed by atoms with van der Waals surface area (Å²) >= 11 is 0. The Morgan fingerprint density at radius 1 is 1.21 bits per heavy atom. The average Bonchev–Trinajstić information content (AvgIpc) is 3.23. The summed E-state index contributed by atoms with van der Waals surface area (Å²) in [6.07, 6.45) is 3.46. The molecule has 3 atom stereocenters. The fourth-order valence-corrected chi connectivity index (χ4v) is 4.29. The molecule has 2 bridgehead atoms. The molecule has 0 spiro atoms. The van der Waals surface area contributed by atoms with Crippen LogP contribution in [0.4, 0.5) is 0 Å². The van der Waals surface area contributed by atoms with Gasteiger partial charge in [0.2, 0.25) is 5.91 Å². The maximum atomic E-state index is 12.7. The number of carbonyl (C=O) groups excluding carboxylic acids is 1. The van der Waals surface area contributed by atoms with Crippen LogP contribution < -0.4 is 4.74 Å². The normalized spacial score (nSPS) is 29.9. The number of likely N-dealkylation sites (tertiary alicyclic amines) is 2. The zero-order valence-electron chi connectivity index (χ0n) is 14.3. The number of benzene rings is 1. The van der Waals surface area contributed by atoms with Crippen LogP contribution in [0.2, 0.25) is 0 Å². The van der Waals surface area contributed by atoms with Crippen LogP contribution in [0.3, 0.4) is 0 Å². The Labute approximate surface area is 143 Å². The zero-order valence-corrected chi connectivity index (χ0v) is 14.3. The molecular weight excluding hydrogens is 304 g/mol. The SMILES string of the molecule is COc1ccc(CN2C[C@H]3C[C@H](C(=O)N4CCCC4)[C@@H](C2)O3)cc1. The fourth-order valence-electron chi connectivity index (χ4n) is 4.29. The molecule has 0 aromatic heterocycles. The topological polar surface area (TPSA) is 42.0 Å². The molecule has 1 aromatic carbocycles. The monoisotopic (exact) mass is 330 g/mol. The Morgan fingerprint density at radius 2 is 1.96 bits per heavy atom. The van der Waals surface area contributed by atoms with E-state index in [1.54, 1.807) is 7.11 Å². The molecule has 5 nitrogen and oxygen atoms in total. The van der Waals surface area contributed by atoms with Crippen molar-refractivity contribution in [3.8, 4) is 5.75 Å². The first kappa shape index (κ1) is 15.9. The maximum Gasteiger partial charge on any atom is 0.228 e. The van der Waals surface area contributed by atoms with E-state index in [9.17, 15) is 4.79 Å². The lowest BCUT2D eigenvalue weighted by Gasteiger charge is -2.33. The summed E-state index contributed by atoms with van der Waals surface area (Å²) in [7, 11) is 1.69. The Hall–Kier alpha value is -1.59. The highest BCUT2D eigenvalue weighted by molar-refractivity contribution is 5.80. The molecule has 0 unspecified atom stereocenters. The Balaban J connectivity index is 1.38. The van der Waals surface area contributed by atoms with Crippen LogP contribution in [0.5, 0.6) is 5.75 Å². The lowest BCUT2D eigenvalue weighted by molar-refractivity contribution is -0.137. The highest BCUT2D eigenvalue weighted by Gasteiger charge is 2.45. The van der Waals surface area contributed by atoms with Crippen LogP contribution in [0, 0.1) is 5.92 Å². The summed E-state index contributed by atoms with van der Waals surface area (Å²) in [6.45, 7) is 4.55. The molecule has 24 heavy (non-hydrogen) atoms. The van der Waals surface area contributed by atoms with Crippen molar-refractivity contribution >= 4 is 5.91 Å². The molecule has 3 fully saturated rings. The standard InChI is InChI=1S/C19H26N2O3/c1-23-15-6-4-14(5-7-15)11-20-12-16-10-17(18(13-20)24-16)19(22)21-8-2-3-9-21/h4-7,16-18H,2-3,8-13H2,1H3/t16-,17+,18-/m1/s1. The third-order valence-corrected chi connectivity index (χ3v) is 5.53. The Kier molecular flexibility index (Phi) is 4.46. The molecule has 3 aliphatic heterocycles. The molecule has 3 heterocycles. The smallest absolute Gasteiger partial charge is 0.228 e. The summed E-state index contributed by atoms with van der Waals surface area (Å²) in [5.74, 6) is 1.28. The van der Waals surface area contributed by atoms with Crippen LogP contribution in [-0.4, -0.2) is 61.2 Å². The lowest BCUT2D eigenvalue weighted by atomic mass is 9.99. The van der Waals surface area contributed by atoms with Crippen LogP contribution in [0.15, 0.2) is 24.3 Å². The van der Waals surface area contributed by atoms with Crippen molar-refractivity contribution in [2.75, 3.05) is 33.3 Å². The van der Waals surface area contributed by atoms with Gasteiger partial charge in [-0.05, 0) is 37.0 Å². The number of nitrogens with zero attached hydrogens (tertiary/aromatic N) is 2. The molecule has 5 heteroatoms. The molecule has 1 aromatic rings. The number of hydrogen-bond donors (Lipinski definition) is 0. The van der Waals surface area contributed by atoms with E-state index < -0.39 is 0 Å². The van der Waals surface area contributed by atoms with Crippen LogP contribution in [-0.2, 0) is 16.1 Å². The van der Waals surface area contributed by atoms with Crippen molar-refractivity contribution < 1.29 is 14.3 Å². The third kappa shape index (κ3) is 3.15. The van der Waals surface area contributed by atoms with Gasteiger partial charge in [-0.25, -0.2) is 0 Å². The molecule has 130 valence electrons. The minimum Gasteiger partial charge on any atom is -0.497 e. The first-order valence-corrected chi connectivity index (χ1v) is 9.02. The quantitative estimate of drug-likeness (QED) is 0.846. The second-order valence-electron chi connectivity index (χ2n) is 7.21. The van der Waals surface area contributed by atoms with Crippen LogP contribution in [0.1, 0.15) is 24.8 Å². The molecule has 4 rings (SSSR count). The van der Waals surface area contributed by atoms with Gasteiger partial charge in [0.05, 0.1) is 25.2 Å². The van der Waals surface area contributed by atoms with E-state index in [1.807, 2.05) is 17.0 Å². The Morgan fingerprint density at radius 3 is 2.67 bits per heavy atom. The summed E-state index contributed by atoms with van der Waals surface area (Å²) < 4.78 is 11.3. The summed E-state index contributed by atoms with van der Waals surface area (Å²) in [5, 5.41) is 0. The summed E-state index contributed by atoms with van der Waals surface area (Å²) in [6, 6.07) is 8.24. The number of rotatable bonds is 4. The van der Waals surface area contributed by atoms with E-state index in [1.165, 1.54) is 5.56 Å². The Bertz CT molecular complexity index is 583. The van der Waals surface area contributed by atoms with Crippen LogP contribution in [0.25, 0.3) is 0 Å². The van der Waals surface area contributed by atoms with Crippen molar-refractivity contribution in [3.05, 3.63) is 29.8 Å². The average molecular weight is 330 g/mol. The van der Waals surface area contributed by atoms with Gasteiger partial charge in [-0.3, -0.25) is 9.69 Å². The second-order valence-corrected chi connectivity index (χ2v) is 7.21. The summed E-state index contributed by atoms with van der Waals surface area (Å²) in [5.41, 5.74) is 1.28. The molecule has 3 saturated heterocycles. The number of morpholine rings is 1. The van der Waals surface area contributed by atoms with Gasteiger partial charge in [0, 0.05) is 32.7 Å². The molecule has 0 N–H and O–H groups in total. The second kappa shape index (κ2) is 6.73. The first-order chi connectivity index (χ1) is 11.7.